The van der Waals surface area contributed by atoms with Crippen molar-refractivity contribution < 1.29 is 15.3 Å². The number of nitrogens with zero attached hydrogens (tertiary/aromatic N) is 3. The minimum atomic E-state index is 0.165. The average molecular weight is 610 g/mol. The van der Waals surface area contributed by atoms with Gasteiger partial charge in [-0.25, -0.2) is 15.0 Å². The highest BCUT2D eigenvalue weighted by molar-refractivity contribution is 6.01. The van der Waals surface area contributed by atoms with Crippen LogP contribution < -0.4 is 0 Å². The molecule has 0 bridgehead atoms. The molecule has 0 aliphatic carbocycles. The van der Waals surface area contributed by atoms with Gasteiger partial charge in [0.15, 0.2) is 17.5 Å². The second-order valence-electron chi connectivity index (χ2n) is 11.4. The largest absolute Gasteiger partial charge is 0.508 e. The van der Waals surface area contributed by atoms with E-state index in [0.717, 1.165) is 60.5 Å². The Labute approximate surface area is 270 Å². The average Bonchev–Trinajstić information content (AvgIpc) is 3.13. The SMILES string of the molecule is Oc1ccc(-c2nc(-c3ccc(-c4ccc(O)c5ccccc45)cc3)nc(-c3ccc(-c4ccc(O)c5ccccc45)cc3)n2)cc1. The quantitative estimate of drug-likeness (QED) is 0.180. The zero-order chi connectivity index (χ0) is 31.9. The van der Waals surface area contributed by atoms with Gasteiger partial charge in [-0.1, -0.05) is 109 Å². The lowest BCUT2D eigenvalue weighted by molar-refractivity contribution is 0.475. The number of phenols is 3. The maximum atomic E-state index is 10.4. The van der Waals surface area contributed by atoms with Crippen LogP contribution in [0.15, 0.2) is 146 Å². The van der Waals surface area contributed by atoms with Crippen LogP contribution in [-0.2, 0) is 0 Å². The van der Waals surface area contributed by atoms with E-state index < -0.39 is 0 Å². The summed E-state index contributed by atoms with van der Waals surface area (Å²) in [6.07, 6.45) is 0. The van der Waals surface area contributed by atoms with Crippen LogP contribution in [0, 0.1) is 0 Å². The number of hydrogen-bond acceptors (Lipinski definition) is 6. The molecule has 7 aromatic carbocycles. The minimum absolute atomic E-state index is 0.165. The molecule has 0 aliphatic heterocycles. The van der Waals surface area contributed by atoms with Crippen LogP contribution in [-0.4, -0.2) is 30.3 Å². The summed E-state index contributed by atoms with van der Waals surface area (Å²) in [5, 5.41) is 34.2. The highest BCUT2D eigenvalue weighted by atomic mass is 16.3. The molecule has 6 nitrogen and oxygen atoms in total. The van der Waals surface area contributed by atoms with Gasteiger partial charge in [-0.05, 0) is 69.4 Å². The zero-order valence-electron chi connectivity index (χ0n) is 25.0. The van der Waals surface area contributed by atoms with Gasteiger partial charge in [-0.15, -0.1) is 0 Å². The van der Waals surface area contributed by atoms with Crippen molar-refractivity contribution in [2.45, 2.75) is 0 Å². The van der Waals surface area contributed by atoms with Crippen molar-refractivity contribution in [2.75, 3.05) is 0 Å². The van der Waals surface area contributed by atoms with E-state index in [4.69, 9.17) is 15.0 Å². The summed E-state index contributed by atoms with van der Waals surface area (Å²) in [5.74, 6) is 2.21. The molecule has 8 rings (SSSR count). The van der Waals surface area contributed by atoms with Gasteiger partial charge in [0.25, 0.3) is 0 Å². The summed E-state index contributed by atoms with van der Waals surface area (Å²) in [6, 6.07) is 45.9. The fourth-order valence-corrected chi connectivity index (χ4v) is 6.04. The molecule has 0 saturated heterocycles. The van der Waals surface area contributed by atoms with Crippen LogP contribution in [0.4, 0.5) is 0 Å². The molecule has 0 amide bonds. The van der Waals surface area contributed by atoms with Crippen molar-refractivity contribution in [2.24, 2.45) is 0 Å². The second-order valence-corrected chi connectivity index (χ2v) is 11.4. The molecule has 0 unspecified atom stereocenters. The van der Waals surface area contributed by atoms with Crippen molar-refractivity contribution in [3.05, 3.63) is 146 Å². The summed E-state index contributed by atoms with van der Waals surface area (Å²) in [6.45, 7) is 0. The smallest absolute Gasteiger partial charge is 0.164 e. The summed E-state index contributed by atoms with van der Waals surface area (Å²) in [5.41, 5.74) is 6.47. The normalized spacial score (nSPS) is 11.2. The van der Waals surface area contributed by atoms with Gasteiger partial charge in [-0.3, -0.25) is 0 Å². The van der Waals surface area contributed by atoms with Crippen LogP contribution in [0.1, 0.15) is 0 Å². The Morgan fingerprint density at radius 3 is 1.00 bits per heavy atom. The van der Waals surface area contributed by atoms with Crippen LogP contribution in [0.5, 0.6) is 17.2 Å². The summed E-state index contributed by atoms with van der Waals surface area (Å²) >= 11 is 0. The van der Waals surface area contributed by atoms with Gasteiger partial charge >= 0.3 is 0 Å². The Morgan fingerprint density at radius 2 is 0.617 bits per heavy atom. The zero-order valence-corrected chi connectivity index (χ0v) is 25.0. The highest BCUT2D eigenvalue weighted by Crippen LogP contribution is 2.36. The molecular weight excluding hydrogens is 582 g/mol. The molecule has 47 heavy (non-hydrogen) atoms. The summed E-state index contributed by atoms with van der Waals surface area (Å²) < 4.78 is 0. The number of aromatic nitrogens is 3. The van der Waals surface area contributed by atoms with Crippen molar-refractivity contribution >= 4 is 21.5 Å². The molecule has 8 aromatic rings. The second kappa shape index (κ2) is 11.4. The van der Waals surface area contributed by atoms with Crippen molar-refractivity contribution in [1.82, 2.24) is 15.0 Å². The Balaban J connectivity index is 1.20. The van der Waals surface area contributed by atoms with Crippen LogP contribution in [0.25, 0.3) is 78.0 Å². The lowest BCUT2D eigenvalue weighted by Crippen LogP contribution is -2.00. The lowest BCUT2D eigenvalue weighted by Gasteiger charge is -2.11. The maximum Gasteiger partial charge on any atom is 0.164 e. The summed E-state index contributed by atoms with van der Waals surface area (Å²) in [4.78, 5) is 14.6. The molecule has 0 aliphatic rings. The molecule has 1 aromatic heterocycles. The predicted octanol–water partition coefficient (Wildman–Crippen LogP) is 9.63. The monoisotopic (exact) mass is 609 g/mol. The molecule has 0 spiro atoms. The highest BCUT2D eigenvalue weighted by Gasteiger charge is 2.15. The van der Waals surface area contributed by atoms with Gasteiger partial charge in [0, 0.05) is 27.5 Å². The molecule has 3 N–H and O–H groups in total. The number of hydrogen-bond donors (Lipinski definition) is 3. The topological polar surface area (TPSA) is 99.4 Å². The van der Waals surface area contributed by atoms with Gasteiger partial charge in [0.2, 0.25) is 0 Å². The van der Waals surface area contributed by atoms with Crippen molar-refractivity contribution in [1.29, 1.82) is 0 Å². The van der Waals surface area contributed by atoms with E-state index in [1.807, 2.05) is 109 Å². The number of rotatable bonds is 5. The Kier molecular flexibility index (Phi) is 6.81. The van der Waals surface area contributed by atoms with E-state index in [0.29, 0.717) is 17.5 Å². The van der Waals surface area contributed by atoms with E-state index in [1.165, 1.54) is 0 Å². The first kappa shape index (κ1) is 28.0. The molecular formula is C41H27N3O3. The van der Waals surface area contributed by atoms with Gasteiger partial charge in [0.1, 0.15) is 17.2 Å². The molecule has 0 radical (unpaired) electrons. The Morgan fingerprint density at radius 1 is 0.298 bits per heavy atom. The predicted molar refractivity (Wildman–Crippen MR) is 187 cm³/mol. The standard InChI is InChI=1S/C41H27N3O3/c45-30-19-17-29(18-20-30)41-43-39(27-13-9-25(10-14-27)31-21-23-37(46)35-7-3-1-5-33(31)35)42-40(44-41)28-15-11-26(12-16-28)32-22-24-38(47)36-8-4-2-6-34(32)36/h1-24,45-47H. The third-order valence-electron chi connectivity index (χ3n) is 8.47. The van der Waals surface area contributed by atoms with E-state index in [9.17, 15) is 15.3 Å². The van der Waals surface area contributed by atoms with E-state index in [-0.39, 0.29) is 17.2 Å². The van der Waals surface area contributed by atoms with E-state index >= 15 is 0 Å². The Bertz CT molecular complexity index is 2270. The van der Waals surface area contributed by atoms with Gasteiger partial charge in [0.05, 0.1) is 0 Å². The molecule has 224 valence electrons. The number of aromatic hydroxyl groups is 3. The molecule has 0 fully saturated rings. The lowest BCUT2D eigenvalue weighted by atomic mass is 9.96. The number of benzene rings is 7. The third kappa shape index (κ3) is 5.18. The first-order chi connectivity index (χ1) is 23.0. The van der Waals surface area contributed by atoms with Crippen molar-refractivity contribution in [3.8, 4) is 73.7 Å². The van der Waals surface area contributed by atoms with E-state index in [1.54, 1.807) is 36.4 Å². The van der Waals surface area contributed by atoms with Gasteiger partial charge in [-0.2, -0.15) is 0 Å². The van der Waals surface area contributed by atoms with Crippen molar-refractivity contribution in [3.63, 3.8) is 0 Å². The first-order valence-electron chi connectivity index (χ1n) is 15.2. The minimum Gasteiger partial charge on any atom is -0.508 e. The molecule has 6 heteroatoms. The van der Waals surface area contributed by atoms with E-state index in [2.05, 4.69) is 0 Å². The number of fused-ring (bicyclic) bond motifs is 2. The summed E-state index contributed by atoms with van der Waals surface area (Å²) in [7, 11) is 0. The molecule has 1 heterocycles. The van der Waals surface area contributed by atoms with Crippen LogP contribution >= 0.6 is 0 Å². The maximum absolute atomic E-state index is 10.4. The fraction of sp³-hybridized carbons (Fsp3) is 0. The first-order valence-corrected chi connectivity index (χ1v) is 15.2. The molecule has 0 saturated carbocycles. The van der Waals surface area contributed by atoms with Gasteiger partial charge < -0.3 is 15.3 Å². The fourth-order valence-electron chi connectivity index (χ4n) is 6.04. The van der Waals surface area contributed by atoms with Crippen LogP contribution in [0.2, 0.25) is 0 Å². The van der Waals surface area contributed by atoms with Crippen LogP contribution in [0.3, 0.4) is 0 Å². The Hall–Kier alpha value is -6.53. The number of phenolic OH excluding ortho intramolecular Hbond substituents is 3. The molecule has 0 atom stereocenters. The third-order valence-corrected chi connectivity index (χ3v) is 8.47.